The number of hydrogen-bond donors (Lipinski definition) is 1. The highest BCUT2D eigenvalue weighted by molar-refractivity contribution is 5.83. The predicted octanol–water partition coefficient (Wildman–Crippen LogP) is 1.99. The van der Waals surface area contributed by atoms with Crippen molar-refractivity contribution in [1.82, 2.24) is 19.9 Å². The highest BCUT2D eigenvalue weighted by Crippen LogP contribution is 2.21. The molecular weight excluding hydrogens is 288 g/mol. The lowest BCUT2D eigenvalue weighted by molar-refractivity contribution is 0.556. The van der Waals surface area contributed by atoms with Crippen molar-refractivity contribution in [2.24, 2.45) is 0 Å². The summed E-state index contributed by atoms with van der Waals surface area (Å²) in [6.45, 7) is 3.59. The van der Waals surface area contributed by atoms with Crippen LogP contribution in [-0.2, 0) is 13.0 Å². The van der Waals surface area contributed by atoms with Crippen LogP contribution in [0.3, 0.4) is 0 Å². The Morgan fingerprint density at radius 2 is 2.17 bits per heavy atom. The Morgan fingerprint density at radius 1 is 1.26 bits per heavy atom. The van der Waals surface area contributed by atoms with E-state index in [0.717, 1.165) is 35.6 Å². The minimum atomic E-state index is 0.0495. The molecule has 5 nitrogen and oxygen atoms in total. The second-order valence-electron chi connectivity index (χ2n) is 5.99. The van der Waals surface area contributed by atoms with E-state index < -0.39 is 0 Å². The van der Waals surface area contributed by atoms with Crippen molar-refractivity contribution in [3.63, 3.8) is 0 Å². The van der Waals surface area contributed by atoms with Gasteiger partial charge in [0.2, 0.25) is 0 Å². The van der Waals surface area contributed by atoms with Gasteiger partial charge in [0, 0.05) is 37.3 Å². The van der Waals surface area contributed by atoms with Crippen LogP contribution in [0.2, 0.25) is 0 Å². The average molecular weight is 306 g/mol. The highest BCUT2D eigenvalue weighted by Gasteiger charge is 2.17. The zero-order valence-corrected chi connectivity index (χ0v) is 13.0. The molecule has 2 aromatic heterocycles. The van der Waals surface area contributed by atoms with Gasteiger partial charge in [-0.05, 0) is 31.2 Å². The Bertz CT molecular complexity index is 917. The Labute approximate surface area is 134 Å². The van der Waals surface area contributed by atoms with Gasteiger partial charge in [0.1, 0.15) is 5.82 Å². The highest BCUT2D eigenvalue weighted by atomic mass is 16.1. The van der Waals surface area contributed by atoms with Gasteiger partial charge in [-0.25, -0.2) is 4.98 Å². The standard InChI is InChI=1S/C18H18N4O/c1-12-10-17-21-16-11-13(15-4-2-3-7-20-15)5-6-14(16)18(23)22(17)9-8-19-12/h2-7,11-12,19H,8-10H2,1H3. The second kappa shape index (κ2) is 5.59. The molecule has 1 N–H and O–H groups in total. The number of fused-ring (bicyclic) bond motifs is 2. The maximum Gasteiger partial charge on any atom is 0.261 e. The summed E-state index contributed by atoms with van der Waals surface area (Å²) in [5, 5.41) is 4.07. The molecule has 5 heteroatoms. The molecule has 0 aliphatic carbocycles. The van der Waals surface area contributed by atoms with Crippen LogP contribution in [0.25, 0.3) is 22.2 Å². The molecule has 1 aromatic carbocycles. The Kier molecular flexibility index (Phi) is 3.42. The fourth-order valence-corrected chi connectivity index (χ4v) is 3.12. The lowest BCUT2D eigenvalue weighted by atomic mass is 10.1. The van der Waals surface area contributed by atoms with E-state index in [1.807, 2.05) is 36.4 Å². The number of pyridine rings is 1. The number of nitrogens with one attached hydrogen (secondary N) is 1. The maximum absolute atomic E-state index is 12.8. The van der Waals surface area contributed by atoms with E-state index in [1.165, 1.54) is 0 Å². The van der Waals surface area contributed by atoms with E-state index in [-0.39, 0.29) is 5.56 Å². The Morgan fingerprint density at radius 3 is 3.00 bits per heavy atom. The minimum absolute atomic E-state index is 0.0495. The molecule has 116 valence electrons. The normalized spacial score (nSPS) is 17.7. The van der Waals surface area contributed by atoms with E-state index in [9.17, 15) is 4.79 Å². The van der Waals surface area contributed by atoms with E-state index in [1.54, 1.807) is 10.8 Å². The van der Waals surface area contributed by atoms with E-state index in [2.05, 4.69) is 17.2 Å². The molecule has 23 heavy (non-hydrogen) atoms. The summed E-state index contributed by atoms with van der Waals surface area (Å²) in [6.07, 6.45) is 2.53. The lowest BCUT2D eigenvalue weighted by Crippen LogP contribution is -2.27. The second-order valence-corrected chi connectivity index (χ2v) is 5.99. The van der Waals surface area contributed by atoms with Crippen molar-refractivity contribution in [3.05, 3.63) is 58.8 Å². The number of rotatable bonds is 1. The first-order valence-electron chi connectivity index (χ1n) is 7.90. The van der Waals surface area contributed by atoms with Gasteiger partial charge in [-0.2, -0.15) is 0 Å². The summed E-state index contributed by atoms with van der Waals surface area (Å²) in [6, 6.07) is 11.9. The van der Waals surface area contributed by atoms with Crippen molar-refractivity contribution < 1.29 is 0 Å². The van der Waals surface area contributed by atoms with Gasteiger partial charge >= 0.3 is 0 Å². The van der Waals surface area contributed by atoms with Gasteiger partial charge in [0.05, 0.1) is 16.6 Å². The van der Waals surface area contributed by atoms with Crippen molar-refractivity contribution in [1.29, 1.82) is 0 Å². The largest absolute Gasteiger partial charge is 0.312 e. The molecule has 0 saturated heterocycles. The molecule has 0 radical (unpaired) electrons. The topological polar surface area (TPSA) is 59.8 Å². The fourth-order valence-electron chi connectivity index (χ4n) is 3.12. The fraction of sp³-hybridized carbons (Fsp3) is 0.278. The quantitative estimate of drug-likeness (QED) is 0.747. The SMILES string of the molecule is CC1Cc2nc3cc(-c4ccccn4)ccc3c(=O)n2CCN1. The molecule has 4 rings (SSSR count). The molecule has 0 saturated carbocycles. The van der Waals surface area contributed by atoms with Crippen LogP contribution < -0.4 is 10.9 Å². The smallest absolute Gasteiger partial charge is 0.261 e. The molecule has 1 atom stereocenters. The van der Waals surface area contributed by atoms with Gasteiger partial charge in [0.25, 0.3) is 5.56 Å². The molecule has 0 spiro atoms. The van der Waals surface area contributed by atoms with Gasteiger partial charge in [-0.15, -0.1) is 0 Å². The first-order valence-corrected chi connectivity index (χ1v) is 7.90. The summed E-state index contributed by atoms with van der Waals surface area (Å²) in [4.78, 5) is 21.9. The third-order valence-corrected chi connectivity index (χ3v) is 4.31. The van der Waals surface area contributed by atoms with Crippen LogP contribution in [-0.4, -0.2) is 27.1 Å². The molecular formula is C18H18N4O. The number of hydrogen-bond acceptors (Lipinski definition) is 4. The predicted molar refractivity (Wildman–Crippen MR) is 90.4 cm³/mol. The summed E-state index contributed by atoms with van der Waals surface area (Å²) in [5.41, 5.74) is 2.67. The number of aromatic nitrogens is 3. The molecule has 0 fully saturated rings. The average Bonchev–Trinajstić information content (AvgIpc) is 2.76. The van der Waals surface area contributed by atoms with Gasteiger partial charge in [-0.3, -0.25) is 14.3 Å². The van der Waals surface area contributed by atoms with Crippen molar-refractivity contribution >= 4 is 10.9 Å². The number of benzene rings is 1. The van der Waals surface area contributed by atoms with Crippen LogP contribution >= 0.6 is 0 Å². The van der Waals surface area contributed by atoms with Crippen LogP contribution in [0.15, 0.2) is 47.4 Å². The zero-order chi connectivity index (χ0) is 15.8. The lowest BCUT2D eigenvalue weighted by Gasteiger charge is -2.11. The van der Waals surface area contributed by atoms with E-state index in [0.29, 0.717) is 18.0 Å². The first-order chi connectivity index (χ1) is 11.2. The maximum atomic E-state index is 12.8. The first kappa shape index (κ1) is 14.1. The molecule has 1 unspecified atom stereocenters. The third-order valence-electron chi connectivity index (χ3n) is 4.31. The Balaban J connectivity index is 1.91. The van der Waals surface area contributed by atoms with Crippen LogP contribution in [0.5, 0.6) is 0 Å². The van der Waals surface area contributed by atoms with Gasteiger partial charge in [-0.1, -0.05) is 12.1 Å². The summed E-state index contributed by atoms with van der Waals surface area (Å²) in [7, 11) is 0. The summed E-state index contributed by atoms with van der Waals surface area (Å²) >= 11 is 0. The molecule has 3 aromatic rings. The summed E-state index contributed by atoms with van der Waals surface area (Å²) < 4.78 is 1.80. The van der Waals surface area contributed by atoms with Crippen molar-refractivity contribution in [3.8, 4) is 11.3 Å². The van der Waals surface area contributed by atoms with Crippen molar-refractivity contribution in [2.75, 3.05) is 6.54 Å². The van der Waals surface area contributed by atoms with E-state index in [4.69, 9.17) is 4.98 Å². The van der Waals surface area contributed by atoms with Crippen molar-refractivity contribution in [2.45, 2.75) is 25.9 Å². The summed E-state index contributed by atoms with van der Waals surface area (Å²) in [5.74, 6) is 0.859. The minimum Gasteiger partial charge on any atom is -0.312 e. The molecule has 0 amide bonds. The number of nitrogens with zero attached hydrogens (tertiary/aromatic N) is 3. The third kappa shape index (κ3) is 2.53. The monoisotopic (exact) mass is 306 g/mol. The molecule has 1 aliphatic rings. The van der Waals surface area contributed by atoms with Crippen LogP contribution in [0.4, 0.5) is 0 Å². The zero-order valence-electron chi connectivity index (χ0n) is 13.0. The van der Waals surface area contributed by atoms with Crippen LogP contribution in [0, 0.1) is 0 Å². The molecule has 1 aliphatic heterocycles. The van der Waals surface area contributed by atoms with Gasteiger partial charge in [0.15, 0.2) is 0 Å². The molecule has 0 bridgehead atoms. The van der Waals surface area contributed by atoms with Gasteiger partial charge < -0.3 is 5.32 Å². The Hall–Kier alpha value is -2.53. The van der Waals surface area contributed by atoms with E-state index >= 15 is 0 Å². The van der Waals surface area contributed by atoms with Crippen LogP contribution in [0.1, 0.15) is 12.7 Å². The molecule has 3 heterocycles.